The van der Waals surface area contributed by atoms with Gasteiger partial charge in [0.05, 0.1) is 25.3 Å². The molecular weight excluding hydrogens is 318 g/mol. The van der Waals surface area contributed by atoms with Gasteiger partial charge < -0.3 is 14.5 Å². The normalized spacial score (nSPS) is 15.2. The molecule has 1 N–H and O–H groups in total. The maximum Gasteiger partial charge on any atom is 0.226 e. The van der Waals surface area contributed by atoms with E-state index in [1.54, 1.807) is 0 Å². The van der Waals surface area contributed by atoms with Gasteiger partial charge in [0.25, 0.3) is 0 Å². The van der Waals surface area contributed by atoms with E-state index in [2.05, 4.69) is 15.2 Å². The second-order valence-corrected chi connectivity index (χ2v) is 6.22. The van der Waals surface area contributed by atoms with Crippen LogP contribution >= 0.6 is 0 Å². The molecule has 1 amide bonds. The van der Waals surface area contributed by atoms with Gasteiger partial charge in [0.1, 0.15) is 5.76 Å². The van der Waals surface area contributed by atoms with E-state index in [9.17, 15) is 4.79 Å². The number of rotatable bonds is 7. The monoisotopic (exact) mass is 343 g/mol. The molecule has 0 saturated carbocycles. The first-order valence-electron chi connectivity index (χ1n) is 8.81. The number of morpholine rings is 1. The van der Waals surface area contributed by atoms with E-state index in [1.165, 1.54) is 0 Å². The molecule has 0 spiro atoms. The van der Waals surface area contributed by atoms with Crippen LogP contribution in [0.15, 0.2) is 34.7 Å². The number of ether oxygens (including phenoxy) is 1. The number of nitrogens with one attached hydrogen (secondary N) is 1. The Balaban J connectivity index is 1.44. The third-order valence-electron chi connectivity index (χ3n) is 4.32. The number of carbonyl (C=O) groups excluding carboxylic acids is 1. The average molecular weight is 343 g/mol. The molecule has 1 aromatic carbocycles. The number of carbonyl (C=O) groups is 1. The molecule has 1 aromatic heterocycles. The number of aryl methyl sites for hydroxylation is 1. The Hall–Kier alpha value is -2.18. The second kappa shape index (κ2) is 8.78. The van der Waals surface area contributed by atoms with Crippen molar-refractivity contribution in [3.05, 3.63) is 41.8 Å². The van der Waals surface area contributed by atoms with Crippen LogP contribution < -0.4 is 5.32 Å². The van der Waals surface area contributed by atoms with Gasteiger partial charge in [0.2, 0.25) is 11.8 Å². The summed E-state index contributed by atoms with van der Waals surface area (Å²) < 4.78 is 11.0. The molecule has 3 rings (SSSR count). The first-order chi connectivity index (χ1) is 12.2. The Labute approximate surface area is 148 Å². The first-order valence-corrected chi connectivity index (χ1v) is 8.81. The molecule has 0 atom stereocenters. The lowest BCUT2D eigenvalue weighted by Gasteiger charge is -2.26. The fraction of sp³-hybridized carbons (Fsp3) is 0.474. The van der Waals surface area contributed by atoms with E-state index in [4.69, 9.17) is 9.15 Å². The molecule has 6 nitrogen and oxygen atoms in total. The molecular formula is C19H25N3O3. The molecule has 0 unspecified atom stereocenters. The van der Waals surface area contributed by atoms with Gasteiger partial charge >= 0.3 is 0 Å². The molecule has 0 bridgehead atoms. The molecule has 0 radical (unpaired) electrons. The zero-order chi connectivity index (χ0) is 17.5. The maximum atomic E-state index is 12.1. The Kier molecular flexibility index (Phi) is 6.19. The Morgan fingerprint density at radius 2 is 2.00 bits per heavy atom. The zero-order valence-corrected chi connectivity index (χ0v) is 14.7. The number of nitrogens with zero attached hydrogens (tertiary/aromatic N) is 2. The molecule has 1 fully saturated rings. The lowest BCUT2D eigenvalue weighted by Crippen LogP contribution is -2.38. The lowest BCUT2D eigenvalue weighted by molar-refractivity contribution is -0.120. The summed E-state index contributed by atoms with van der Waals surface area (Å²) in [6, 6.07) is 9.72. The molecule has 1 aliphatic rings. The van der Waals surface area contributed by atoms with Gasteiger partial charge in [0.15, 0.2) is 0 Å². The summed E-state index contributed by atoms with van der Waals surface area (Å²) in [7, 11) is 0. The second-order valence-electron chi connectivity index (χ2n) is 6.22. The summed E-state index contributed by atoms with van der Waals surface area (Å²) in [5, 5.41) is 2.97. The van der Waals surface area contributed by atoms with Crippen molar-refractivity contribution in [2.75, 3.05) is 39.4 Å². The van der Waals surface area contributed by atoms with E-state index < -0.39 is 0 Å². The Bertz CT molecular complexity index is 678. The number of oxazole rings is 1. The highest BCUT2D eigenvalue weighted by Gasteiger charge is 2.15. The Morgan fingerprint density at radius 1 is 1.24 bits per heavy atom. The van der Waals surface area contributed by atoms with Crippen LogP contribution in [0.3, 0.4) is 0 Å². The predicted molar refractivity (Wildman–Crippen MR) is 95.3 cm³/mol. The van der Waals surface area contributed by atoms with E-state index in [-0.39, 0.29) is 12.3 Å². The molecule has 1 saturated heterocycles. The summed E-state index contributed by atoms with van der Waals surface area (Å²) in [5.41, 5.74) is 1.62. The van der Waals surface area contributed by atoms with Crippen LogP contribution in [0.2, 0.25) is 0 Å². The average Bonchev–Trinajstić information content (AvgIpc) is 3.01. The van der Waals surface area contributed by atoms with Crippen LogP contribution in [-0.2, 0) is 16.0 Å². The number of aromatic nitrogens is 1. The lowest BCUT2D eigenvalue weighted by atomic mass is 10.2. The van der Waals surface area contributed by atoms with Crippen molar-refractivity contribution in [1.82, 2.24) is 15.2 Å². The number of benzene rings is 1. The third-order valence-corrected chi connectivity index (χ3v) is 4.32. The summed E-state index contributed by atoms with van der Waals surface area (Å²) in [4.78, 5) is 19.0. The van der Waals surface area contributed by atoms with Gasteiger partial charge in [-0.2, -0.15) is 0 Å². The van der Waals surface area contributed by atoms with Crippen molar-refractivity contribution < 1.29 is 13.9 Å². The van der Waals surface area contributed by atoms with E-state index in [0.29, 0.717) is 23.9 Å². The van der Waals surface area contributed by atoms with Crippen molar-refractivity contribution in [1.29, 1.82) is 0 Å². The quantitative estimate of drug-likeness (QED) is 0.779. The summed E-state index contributed by atoms with van der Waals surface area (Å²) in [5.74, 6) is 1.24. The minimum atomic E-state index is -0.0158. The minimum absolute atomic E-state index is 0.0158. The van der Waals surface area contributed by atoms with Crippen molar-refractivity contribution in [3.63, 3.8) is 0 Å². The van der Waals surface area contributed by atoms with Crippen LogP contribution in [0.1, 0.15) is 17.9 Å². The highest BCUT2D eigenvalue weighted by atomic mass is 16.5. The van der Waals surface area contributed by atoms with Gasteiger partial charge in [-0.05, 0) is 32.0 Å². The van der Waals surface area contributed by atoms with E-state index >= 15 is 0 Å². The van der Waals surface area contributed by atoms with Crippen molar-refractivity contribution in [2.45, 2.75) is 19.8 Å². The SMILES string of the molecule is Cc1oc(-c2ccccc2)nc1CC(=O)NCCCN1CCOCC1. The largest absolute Gasteiger partial charge is 0.441 e. The molecule has 0 aliphatic carbocycles. The number of hydrogen-bond acceptors (Lipinski definition) is 5. The maximum absolute atomic E-state index is 12.1. The van der Waals surface area contributed by atoms with E-state index in [0.717, 1.165) is 44.8 Å². The number of hydrogen-bond donors (Lipinski definition) is 1. The predicted octanol–water partition coefficient (Wildman–Crippen LogP) is 2.03. The molecule has 1 aliphatic heterocycles. The van der Waals surface area contributed by atoms with Crippen molar-refractivity contribution in [3.8, 4) is 11.5 Å². The highest BCUT2D eigenvalue weighted by molar-refractivity contribution is 5.78. The highest BCUT2D eigenvalue weighted by Crippen LogP contribution is 2.21. The van der Waals surface area contributed by atoms with Gasteiger partial charge in [-0.1, -0.05) is 18.2 Å². The smallest absolute Gasteiger partial charge is 0.226 e. The molecule has 134 valence electrons. The van der Waals surface area contributed by atoms with Crippen molar-refractivity contribution in [2.24, 2.45) is 0 Å². The molecule has 6 heteroatoms. The van der Waals surface area contributed by atoms with Crippen LogP contribution in [0.5, 0.6) is 0 Å². The fourth-order valence-corrected chi connectivity index (χ4v) is 2.87. The summed E-state index contributed by atoms with van der Waals surface area (Å²) in [6.07, 6.45) is 1.19. The molecule has 2 aromatic rings. The third kappa shape index (κ3) is 5.14. The van der Waals surface area contributed by atoms with Crippen molar-refractivity contribution >= 4 is 5.91 Å². The standard InChI is InChI=1S/C19H25N3O3/c1-15-17(21-19(25-15)16-6-3-2-4-7-16)14-18(23)20-8-5-9-22-10-12-24-13-11-22/h2-4,6-7H,5,8-14H2,1H3,(H,20,23). The Morgan fingerprint density at radius 3 is 2.76 bits per heavy atom. The summed E-state index contributed by atoms with van der Waals surface area (Å²) in [6.45, 7) is 7.09. The molecule has 2 heterocycles. The van der Waals surface area contributed by atoms with Gasteiger partial charge in [-0.15, -0.1) is 0 Å². The van der Waals surface area contributed by atoms with Gasteiger partial charge in [-0.25, -0.2) is 4.98 Å². The van der Waals surface area contributed by atoms with E-state index in [1.807, 2.05) is 37.3 Å². The van der Waals surface area contributed by atoms with Gasteiger partial charge in [0, 0.05) is 25.2 Å². The topological polar surface area (TPSA) is 67.6 Å². The van der Waals surface area contributed by atoms with Crippen LogP contribution in [0.25, 0.3) is 11.5 Å². The number of amides is 1. The fourth-order valence-electron chi connectivity index (χ4n) is 2.87. The van der Waals surface area contributed by atoms with Crippen LogP contribution in [0.4, 0.5) is 0 Å². The first kappa shape index (κ1) is 17.6. The van der Waals surface area contributed by atoms with Crippen LogP contribution in [0, 0.1) is 6.92 Å². The van der Waals surface area contributed by atoms with Gasteiger partial charge in [-0.3, -0.25) is 9.69 Å². The zero-order valence-electron chi connectivity index (χ0n) is 14.7. The summed E-state index contributed by atoms with van der Waals surface area (Å²) >= 11 is 0. The molecule has 25 heavy (non-hydrogen) atoms. The van der Waals surface area contributed by atoms with Crippen LogP contribution in [-0.4, -0.2) is 55.2 Å². The minimum Gasteiger partial charge on any atom is -0.441 e.